The monoisotopic (exact) mass is 403 g/mol. The molecule has 0 N–H and O–H groups in total. The van der Waals surface area contributed by atoms with Gasteiger partial charge in [-0.05, 0) is 37.1 Å². The molecule has 0 saturated heterocycles. The maximum Gasteiger partial charge on any atom is 0.339 e. The fourth-order valence-electron chi connectivity index (χ4n) is 3.64. The van der Waals surface area contributed by atoms with Gasteiger partial charge in [0.25, 0.3) is 0 Å². The summed E-state index contributed by atoms with van der Waals surface area (Å²) in [5, 5.41) is 1.44. The van der Waals surface area contributed by atoms with Gasteiger partial charge in [0, 0.05) is 34.2 Å². The fraction of sp³-hybridized carbons (Fsp3) is 0.208. The van der Waals surface area contributed by atoms with E-state index >= 15 is 0 Å². The maximum absolute atomic E-state index is 13.1. The smallest absolute Gasteiger partial charge is 0.339 e. The number of pyridine rings is 1. The minimum atomic E-state index is -0.513. The molecule has 2 aromatic heterocycles. The van der Waals surface area contributed by atoms with Crippen molar-refractivity contribution in [2.24, 2.45) is 0 Å². The van der Waals surface area contributed by atoms with E-state index in [1.807, 2.05) is 38.1 Å². The lowest BCUT2D eigenvalue weighted by Crippen LogP contribution is -2.12. The zero-order chi connectivity index (χ0) is 21.3. The summed E-state index contributed by atoms with van der Waals surface area (Å²) in [7, 11) is 1.54. The number of para-hydroxylation sites is 1. The van der Waals surface area contributed by atoms with Crippen LogP contribution >= 0.6 is 0 Å². The Hall–Kier alpha value is -3.67. The van der Waals surface area contributed by atoms with E-state index in [1.165, 1.54) is 13.2 Å². The van der Waals surface area contributed by atoms with Crippen LogP contribution in [0, 0.1) is 6.92 Å². The number of hydrogen-bond donors (Lipinski definition) is 0. The summed E-state index contributed by atoms with van der Waals surface area (Å²) in [4.78, 5) is 29.7. The number of methoxy groups -OCH3 is 1. The summed E-state index contributed by atoms with van der Waals surface area (Å²) in [6.07, 6.45) is 0.711. The van der Waals surface area contributed by atoms with Crippen LogP contribution in [-0.2, 0) is 17.8 Å². The van der Waals surface area contributed by atoms with Crippen molar-refractivity contribution in [2.75, 3.05) is 7.11 Å². The van der Waals surface area contributed by atoms with Crippen molar-refractivity contribution >= 4 is 27.8 Å². The Morgan fingerprint density at radius 1 is 1.10 bits per heavy atom. The van der Waals surface area contributed by atoms with Crippen molar-refractivity contribution in [3.8, 4) is 5.75 Å². The predicted molar refractivity (Wildman–Crippen MR) is 114 cm³/mol. The minimum Gasteiger partial charge on any atom is -0.497 e. The van der Waals surface area contributed by atoms with Gasteiger partial charge in [-0.1, -0.05) is 25.1 Å². The number of fused-ring (bicyclic) bond motifs is 2. The van der Waals surface area contributed by atoms with E-state index in [-0.39, 0.29) is 6.61 Å². The topological polar surface area (TPSA) is 78.6 Å². The predicted octanol–water partition coefficient (Wildman–Crippen LogP) is 4.58. The molecule has 152 valence electrons. The zero-order valence-corrected chi connectivity index (χ0v) is 17.0. The quantitative estimate of drug-likeness (QED) is 0.359. The number of aromatic nitrogens is 1. The van der Waals surface area contributed by atoms with Crippen molar-refractivity contribution in [3.05, 3.63) is 81.3 Å². The van der Waals surface area contributed by atoms with Gasteiger partial charge >= 0.3 is 11.6 Å². The van der Waals surface area contributed by atoms with E-state index in [4.69, 9.17) is 13.9 Å². The number of nitrogens with zero attached hydrogens (tertiary/aromatic N) is 1. The molecule has 0 unspecified atom stereocenters. The van der Waals surface area contributed by atoms with Gasteiger partial charge in [0.1, 0.15) is 17.9 Å². The molecule has 0 amide bonds. The van der Waals surface area contributed by atoms with E-state index < -0.39 is 11.6 Å². The zero-order valence-electron chi connectivity index (χ0n) is 17.0. The molecular formula is C24H21NO5. The fourth-order valence-corrected chi connectivity index (χ4v) is 3.64. The van der Waals surface area contributed by atoms with Gasteiger partial charge < -0.3 is 13.9 Å². The Balaban J connectivity index is 1.71. The first kappa shape index (κ1) is 19.6. The Labute approximate surface area is 173 Å². The van der Waals surface area contributed by atoms with Crippen LogP contribution in [0.1, 0.15) is 34.1 Å². The molecule has 4 aromatic rings. The molecule has 4 rings (SSSR count). The number of ether oxygens (including phenoxy) is 2. The van der Waals surface area contributed by atoms with Gasteiger partial charge in [0.05, 0.1) is 18.2 Å². The summed E-state index contributed by atoms with van der Waals surface area (Å²) in [6.45, 7) is 3.83. The Bertz CT molecular complexity index is 1320. The number of carbonyl (C=O) groups excluding carboxylic acids is 1. The number of benzene rings is 2. The van der Waals surface area contributed by atoms with Crippen LogP contribution < -0.4 is 10.4 Å². The van der Waals surface area contributed by atoms with E-state index in [2.05, 4.69) is 4.98 Å². The van der Waals surface area contributed by atoms with Crippen molar-refractivity contribution in [1.29, 1.82) is 0 Å². The normalized spacial score (nSPS) is 11.0. The number of aryl methyl sites for hydroxylation is 1. The molecule has 30 heavy (non-hydrogen) atoms. The van der Waals surface area contributed by atoms with Gasteiger partial charge in [0.15, 0.2) is 0 Å². The van der Waals surface area contributed by atoms with Crippen molar-refractivity contribution in [1.82, 2.24) is 4.98 Å². The minimum absolute atomic E-state index is 0.0508. The number of hydrogen-bond acceptors (Lipinski definition) is 6. The molecule has 0 fully saturated rings. The van der Waals surface area contributed by atoms with Gasteiger partial charge in [-0.2, -0.15) is 0 Å². The maximum atomic E-state index is 13.1. The molecule has 0 radical (unpaired) electrons. The third-order valence-corrected chi connectivity index (χ3v) is 5.17. The molecule has 6 nitrogen and oxygen atoms in total. The summed E-state index contributed by atoms with van der Waals surface area (Å²) >= 11 is 0. The van der Waals surface area contributed by atoms with Crippen LogP contribution in [-0.4, -0.2) is 18.1 Å². The largest absolute Gasteiger partial charge is 0.497 e. The highest BCUT2D eigenvalue weighted by Gasteiger charge is 2.19. The average Bonchev–Trinajstić information content (AvgIpc) is 2.76. The molecule has 0 aliphatic heterocycles. The Kier molecular flexibility index (Phi) is 5.23. The lowest BCUT2D eigenvalue weighted by Gasteiger charge is -2.14. The molecule has 0 aliphatic carbocycles. The summed E-state index contributed by atoms with van der Waals surface area (Å²) < 4.78 is 16.1. The Morgan fingerprint density at radius 2 is 1.90 bits per heavy atom. The molecule has 2 aromatic carbocycles. The van der Waals surface area contributed by atoms with Crippen molar-refractivity contribution < 1.29 is 18.7 Å². The summed E-state index contributed by atoms with van der Waals surface area (Å²) in [5.41, 5.74) is 3.37. The molecular weight excluding hydrogens is 382 g/mol. The van der Waals surface area contributed by atoms with Crippen LogP contribution in [0.25, 0.3) is 21.9 Å². The van der Waals surface area contributed by atoms with Crippen LogP contribution in [0.4, 0.5) is 0 Å². The van der Waals surface area contributed by atoms with Crippen molar-refractivity contribution in [2.45, 2.75) is 26.9 Å². The highest BCUT2D eigenvalue weighted by atomic mass is 16.5. The van der Waals surface area contributed by atoms with Crippen LogP contribution in [0.5, 0.6) is 5.75 Å². The molecule has 6 heteroatoms. The van der Waals surface area contributed by atoms with Gasteiger partial charge in [-0.15, -0.1) is 0 Å². The van der Waals surface area contributed by atoms with E-state index in [1.54, 1.807) is 18.2 Å². The average molecular weight is 403 g/mol. The standard InChI is InChI=1S/C24H21NO5/c1-4-19-14(2)23(18-7-5-6-8-20(18)25-19)24(27)29-13-15-11-22(26)30-21-12-16(28-3)9-10-17(15)21/h5-12H,4,13H2,1-3H3. The number of carbonyl (C=O) groups is 1. The second-order valence-electron chi connectivity index (χ2n) is 6.96. The van der Waals surface area contributed by atoms with Crippen molar-refractivity contribution in [3.63, 3.8) is 0 Å². The first-order valence-corrected chi connectivity index (χ1v) is 9.68. The molecule has 2 heterocycles. The molecule has 0 saturated carbocycles. The third-order valence-electron chi connectivity index (χ3n) is 5.17. The van der Waals surface area contributed by atoms with Gasteiger partial charge in [0.2, 0.25) is 0 Å². The summed E-state index contributed by atoms with van der Waals surface area (Å²) in [6, 6.07) is 14.0. The van der Waals surface area contributed by atoms with Gasteiger partial charge in [-0.3, -0.25) is 4.98 Å². The lowest BCUT2D eigenvalue weighted by atomic mass is 10.0. The second-order valence-corrected chi connectivity index (χ2v) is 6.96. The third kappa shape index (κ3) is 3.52. The lowest BCUT2D eigenvalue weighted by molar-refractivity contribution is 0.0475. The SMILES string of the molecule is CCc1nc2ccccc2c(C(=O)OCc2cc(=O)oc3cc(OC)ccc23)c1C. The van der Waals surface area contributed by atoms with E-state index in [9.17, 15) is 9.59 Å². The first-order valence-electron chi connectivity index (χ1n) is 9.68. The van der Waals surface area contributed by atoms with Crippen LogP contribution in [0.15, 0.2) is 57.7 Å². The highest BCUT2D eigenvalue weighted by molar-refractivity contribution is 6.05. The van der Waals surface area contributed by atoms with Gasteiger partial charge in [-0.25, -0.2) is 9.59 Å². The molecule has 0 aliphatic rings. The second kappa shape index (κ2) is 7.99. The highest BCUT2D eigenvalue weighted by Crippen LogP contribution is 2.26. The first-order chi connectivity index (χ1) is 14.5. The molecule has 0 bridgehead atoms. The van der Waals surface area contributed by atoms with Crippen LogP contribution in [0.3, 0.4) is 0 Å². The molecule has 0 atom stereocenters. The Morgan fingerprint density at radius 3 is 2.67 bits per heavy atom. The number of rotatable bonds is 5. The van der Waals surface area contributed by atoms with E-state index in [0.717, 1.165) is 22.2 Å². The summed E-state index contributed by atoms with van der Waals surface area (Å²) in [5.74, 6) is 0.126. The van der Waals surface area contributed by atoms with E-state index in [0.29, 0.717) is 34.3 Å². The molecule has 0 spiro atoms. The number of esters is 1. The van der Waals surface area contributed by atoms with Crippen LogP contribution in [0.2, 0.25) is 0 Å².